The molecular weight excluding hydrogens is 218 g/mol. The highest BCUT2D eigenvalue weighted by atomic mass is 16.5. The number of ether oxygens (including phenoxy) is 1. The molecule has 2 fully saturated rings. The number of aliphatic carboxylic acids is 1. The zero-order chi connectivity index (χ0) is 12.3. The monoisotopic (exact) mass is 239 g/mol. The molecule has 17 heavy (non-hydrogen) atoms. The molecule has 4 heteroatoms. The van der Waals surface area contributed by atoms with Crippen LogP contribution in [0.2, 0.25) is 0 Å². The van der Waals surface area contributed by atoms with Crippen molar-refractivity contribution in [2.75, 3.05) is 19.7 Å². The van der Waals surface area contributed by atoms with E-state index in [1.165, 1.54) is 19.3 Å². The van der Waals surface area contributed by atoms with Crippen molar-refractivity contribution in [3.05, 3.63) is 11.6 Å². The highest BCUT2D eigenvalue weighted by molar-refractivity contribution is 5.85. The Bertz CT molecular complexity index is 312. The van der Waals surface area contributed by atoms with Crippen molar-refractivity contribution in [1.82, 2.24) is 4.90 Å². The first kappa shape index (κ1) is 12.6. The maximum absolute atomic E-state index is 10.7. The van der Waals surface area contributed by atoms with Crippen molar-refractivity contribution in [3.8, 4) is 0 Å². The number of morpholine rings is 1. The molecule has 2 rings (SSSR count). The normalized spacial score (nSPS) is 31.0. The molecule has 2 unspecified atom stereocenters. The van der Waals surface area contributed by atoms with Gasteiger partial charge in [0.25, 0.3) is 0 Å². The largest absolute Gasteiger partial charge is 0.478 e. The molecule has 4 nitrogen and oxygen atoms in total. The molecule has 1 heterocycles. The molecule has 0 aromatic rings. The molecule has 0 bridgehead atoms. The molecule has 2 atom stereocenters. The van der Waals surface area contributed by atoms with E-state index in [4.69, 9.17) is 9.84 Å². The highest BCUT2D eigenvalue weighted by Gasteiger charge is 2.33. The van der Waals surface area contributed by atoms with Gasteiger partial charge in [-0.05, 0) is 19.8 Å². The standard InChI is InChI=1S/C13H21NO3/c1-10(13(15)16)6-7-14-8-9-17-12-5-3-2-4-11(12)14/h6,11-12H,2-5,7-9H2,1H3,(H,15,16). The van der Waals surface area contributed by atoms with Crippen LogP contribution in [0.3, 0.4) is 0 Å². The maximum Gasteiger partial charge on any atom is 0.330 e. The molecule has 1 saturated heterocycles. The van der Waals surface area contributed by atoms with Gasteiger partial charge in [-0.25, -0.2) is 4.79 Å². The molecule has 1 aliphatic heterocycles. The second kappa shape index (κ2) is 5.65. The second-order valence-electron chi connectivity index (χ2n) is 4.95. The van der Waals surface area contributed by atoms with E-state index in [1.807, 2.05) is 6.08 Å². The predicted molar refractivity (Wildman–Crippen MR) is 65.0 cm³/mol. The fourth-order valence-electron chi connectivity index (χ4n) is 2.74. The number of fused-ring (bicyclic) bond motifs is 1. The van der Waals surface area contributed by atoms with Gasteiger partial charge in [0, 0.05) is 24.7 Å². The van der Waals surface area contributed by atoms with Gasteiger partial charge in [-0.2, -0.15) is 0 Å². The Kier molecular flexibility index (Phi) is 4.18. The van der Waals surface area contributed by atoms with Crippen LogP contribution in [0.25, 0.3) is 0 Å². The Morgan fingerprint density at radius 3 is 3.00 bits per heavy atom. The van der Waals surface area contributed by atoms with E-state index in [9.17, 15) is 4.79 Å². The minimum atomic E-state index is -0.821. The Hall–Kier alpha value is -0.870. The Morgan fingerprint density at radius 1 is 1.47 bits per heavy atom. The van der Waals surface area contributed by atoms with Crippen LogP contribution in [0.5, 0.6) is 0 Å². The zero-order valence-corrected chi connectivity index (χ0v) is 10.4. The second-order valence-corrected chi connectivity index (χ2v) is 4.95. The number of nitrogens with zero attached hydrogens (tertiary/aromatic N) is 1. The van der Waals surface area contributed by atoms with Crippen LogP contribution in [0, 0.1) is 0 Å². The first-order chi connectivity index (χ1) is 8.18. The lowest BCUT2D eigenvalue weighted by Gasteiger charge is -2.43. The van der Waals surface area contributed by atoms with Crippen LogP contribution in [0.15, 0.2) is 11.6 Å². The van der Waals surface area contributed by atoms with Crippen LogP contribution in [0.4, 0.5) is 0 Å². The van der Waals surface area contributed by atoms with E-state index in [1.54, 1.807) is 6.92 Å². The van der Waals surface area contributed by atoms with Gasteiger partial charge in [-0.1, -0.05) is 18.9 Å². The summed E-state index contributed by atoms with van der Waals surface area (Å²) in [6.07, 6.45) is 7.06. The fourth-order valence-corrected chi connectivity index (χ4v) is 2.74. The van der Waals surface area contributed by atoms with E-state index < -0.39 is 5.97 Å². The van der Waals surface area contributed by atoms with Gasteiger partial charge >= 0.3 is 5.97 Å². The number of rotatable bonds is 3. The van der Waals surface area contributed by atoms with E-state index in [2.05, 4.69) is 4.90 Å². The summed E-state index contributed by atoms with van der Waals surface area (Å²) in [4.78, 5) is 13.1. The lowest BCUT2D eigenvalue weighted by molar-refractivity contribution is -0.132. The minimum absolute atomic E-state index is 0.371. The highest BCUT2D eigenvalue weighted by Crippen LogP contribution is 2.28. The van der Waals surface area contributed by atoms with Gasteiger partial charge in [0.1, 0.15) is 0 Å². The van der Waals surface area contributed by atoms with Gasteiger partial charge in [0.15, 0.2) is 0 Å². The van der Waals surface area contributed by atoms with Crippen molar-refractivity contribution in [3.63, 3.8) is 0 Å². The van der Waals surface area contributed by atoms with Crippen molar-refractivity contribution < 1.29 is 14.6 Å². The minimum Gasteiger partial charge on any atom is -0.478 e. The molecule has 0 spiro atoms. The summed E-state index contributed by atoms with van der Waals surface area (Å²) in [6, 6.07) is 0.496. The summed E-state index contributed by atoms with van der Waals surface area (Å²) in [5.74, 6) is -0.821. The summed E-state index contributed by atoms with van der Waals surface area (Å²) >= 11 is 0. The molecule has 1 aliphatic carbocycles. The van der Waals surface area contributed by atoms with E-state index in [0.717, 1.165) is 26.1 Å². The third-order valence-electron chi connectivity index (χ3n) is 3.82. The summed E-state index contributed by atoms with van der Waals surface area (Å²) in [5.41, 5.74) is 0.434. The quantitative estimate of drug-likeness (QED) is 0.761. The summed E-state index contributed by atoms with van der Waals surface area (Å²) < 4.78 is 5.79. The Balaban J connectivity index is 1.95. The van der Waals surface area contributed by atoms with E-state index in [0.29, 0.717) is 17.7 Å². The third kappa shape index (κ3) is 3.07. The molecule has 0 amide bonds. The van der Waals surface area contributed by atoms with E-state index >= 15 is 0 Å². The van der Waals surface area contributed by atoms with Gasteiger partial charge < -0.3 is 9.84 Å². The van der Waals surface area contributed by atoms with Crippen molar-refractivity contribution in [2.24, 2.45) is 0 Å². The molecule has 2 aliphatic rings. The maximum atomic E-state index is 10.7. The van der Waals surface area contributed by atoms with Gasteiger partial charge in [0.05, 0.1) is 12.7 Å². The average molecular weight is 239 g/mol. The van der Waals surface area contributed by atoms with Crippen LogP contribution in [-0.4, -0.2) is 47.8 Å². The smallest absolute Gasteiger partial charge is 0.330 e. The molecule has 1 saturated carbocycles. The van der Waals surface area contributed by atoms with Gasteiger partial charge in [-0.3, -0.25) is 4.90 Å². The number of carboxylic acid groups (broad SMARTS) is 1. The first-order valence-corrected chi connectivity index (χ1v) is 6.44. The molecule has 1 N–H and O–H groups in total. The topological polar surface area (TPSA) is 49.8 Å². The van der Waals surface area contributed by atoms with Crippen LogP contribution in [0.1, 0.15) is 32.6 Å². The van der Waals surface area contributed by atoms with Crippen LogP contribution >= 0.6 is 0 Å². The van der Waals surface area contributed by atoms with Crippen molar-refractivity contribution in [1.29, 1.82) is 0 Å². The molecule has 0 radical (unpaired) electrons. The summed E-state index contributed by atoms with van der Waals surface area (Å²) in [5, 5.41) is 8.83. The number of hydrogen-bond acceptors (Lipinski definition) is 3. The lowest BCUT2D eigenvalue weighted by atomic mass is 9.90. The zero-order valence-electron chi connectivity index (χ0n) is 10.4. The number of carboxylic acids is 1. The molecule has 0 aromatic carbocycles. The number of carbonyl (C=O) groups is 1. The van der Waals surface area contributed by atoms with Crippen molar-refractivity contribution >= 4 is 5.97 Å². The van der Waals surface area contributed by atoms with Gasteiger partial charge in [0.2, 0.25) is 0 Å². The SMILES string of the molecule is CC(=CCN1CCOC2CCCCC21)C(=O)O. The Morgan fingerprint density at radius 2 is 2.24 bits per heavy atom. The third-order valence-corrected chi connectivity index (χ3v) is 3.82. The van der Waals surface area contributed by atoms with Crippen molar-refractivity contribution in [2.45, 2.75) is 44.8 Å². The van der Waals surface area contributed by atoms with Crippen LogP contribution < -0.4 is 0 Å². The molecule has 0 aromatic heterocycles. The number of hydrogen-bond donors (Lipinski definition) is 1. The first-order valence-electron chi connectivity index (χ1n) is 6.44. The summed E-state index contributed by atoms with van der Waals surface area (Å²) in [6.45, 7) is 4.09. The summed E-state index contributed by atoms with van der Waals surface area (Å²) in [7, 11) is 0. The molecular formula is C13H21NO3. The average Bonchev–Trinajstić information content (AvgIpc) is 2.35. The Labute approximate surface area is 102 Å². The van der Waals surface area contributed by atoms with Crippen LogP contribution in [-0.2, 0) is 9.53 Å². The van der Waals surface area contributed by atoms with E-state index in [-0.39, 0.29) is 0 Å². The lowest BCUT2D eigenvalue weighted by Crippen LogP contribution is -2.52. The predicted octanol–water partition coefficient (Wildman–Crippen LogP) is 1.66. The fraction of sp³-hybridized carbons (Fsp3) is 0.769. The molecule has 96 valence electrons. The van der Waals surface area contributed by atoms with Gasteiger partial charge in [-0.15, -0.1) is 0 Å².